The van der Waals surface area contributed by atoms with Crippen LogP contribution in [0.15, 0.2) is 60.7 Å². The number of carbonyl (C=O) groups excluding carboxylic acids is 3. The molecule has 29 heavy (non-hydrogen) atoms. The van der Waals surface area contributed by atoms with E-state index in [2.05, 4.69) is 0 Å². The third-order valence-electron chi connectivity index (χ3n) is 4.33. The Kier molecular flexibility index (Phi) is 7.71. The summed E-state index contributed by atoms with van der Waals surface area (Å²) in [6.07, 6.45) is -0.0171. The van der Waals surface area contributed by atoms with Gasteiger partial charge in [-0.15, -0.1) is 0 Å². The van der Waals surface area contributed by atoms with Crippen LogP contribution in [0.3, 0.4) is 0 Å². The Morgan fingerprint density at radius 3 is 1.93 bits per heavy atom. The third kappa shape index (κ3) is 6.56. The van der Waals surface area contributed by atoms with E-state index in [-0.39, 0.29) is 18.8 Å². The molecule has 0 bridgehead atoms. The fraction of sp³-hybridized carbons (Fsp3) is 0.375. The molecular formula is C24H28O5. The zero-order valence-electron chi connectivity index (χ0n) is 17.4. The second-order valence-electron chi connectivity index (χ2n) is 7.77. The molecule has 154 valence electrons. The molecule has 2 rings (SSSR count). The van der Waals surface area contributed by atoms with E-state index >= 15 is 0 Å². The summed E-state index contributed by atoms with van der Waals surface area (Å²) in [5.41, 5.74) is 0.466. The van der Waals surface area contributed by atoms with Crippen molar-refractivity contribution in [2.24, 2.45) is 5.92 Å². The van der Waals surface area contributed by atoms with E-state index in [9.17, 15) is 14.4 Å². The van der Waals surface area contributed by atoms with Crippen LogP contribution >= 0.6 is 0 Å². The summed E-state index contributed by atoms with van der Waals surface area (Å²) in [6.45, 7) is 7.02. The summed E-state index contributed by atoms with van der Waals surface area (Å²) >= 11 is 0. The molecular weight excluding hydrogens is 368 g/mol. The predicted octanol–water partition coefficient (Wildman–Crippen LogP) is 4.56. The highest BCUT2D eigenvalue weighted by molar-refractivity contribution is 6.00. The van der Waals surface area contributed by atoms with Crippen molar-refractivity contribution in [1.29, 1.82) is 0 Å². The topological polar surface area (TPSA) is 69.7 Å². The molecule has 0 saturated heterocycles. The Bertz CT molecular complexity index is 821. The van der Waals surface area contributed by atoms with Gasteiger partial charge in [-0.3, -0.25) is 14.4 Å². The van der Waals surface area contributed by atoms with Crippen molar-refractivity contribution in [2.45, 2.75) is 45.6 Å². The summed E-state index contributed by atoms with van der Waals surface area (Å²) in [5, 5.41) is 0. The van der Waals surface area contributed by atoms with Crippen molar-refractivity contribution in [2.75, 3.05) is 6.61 Å². The van der Waals surface area contributed by atoms with Crippen LogP contribution in [0, 0.1) is 5.92 Å². The van der Waals surface area contributed by atoms with Gasteiger partial charge >= 0.3 is 11.9 Å². The minimum absolute atomic E-state index is 0.0171. The second-order valence-corrected chi connectivity index (χ2v) is 7.77. The normalized spacial score (nSPS) is 13.2. The lowest BCUT2D eigenvalue weighted by Gasteiger charge is -2.28. The van der Waals surface area contributed by atoms with Crippen molar-refractivity contribution in [3.63, 3.8) is 0 Å². The zero-order chi connectivity index (χ0) is 21.4. The van der Waals surface area contributed by atoms with Gasteiger partial charge in [0.1, 0.15) is 5.60 Å². The first-order chi connectivity index (χ1) is 13.7. The quantitative estimate of drug-likeness (QED) is 0.372. The monoisotopic (exact) mass is 396 g/mol. The van der Waals surface area contributed by atoms with Crippen LogP contribution in [-0.4, -0.2) is 29.9 Å². The highest BCUT2D eigenvalue weighted by Crippen LogP contribution is 2.33. The molecule has 0 aliphatic carbocycles. The molecule has 5 heteroatoms. The fourth-order valence-electron chi connectivity index (χ4n) is 3.09. The van der Waals surface area contributed by atoms with Gasteiger partial charge in [0.05, 0.1) is 6.61 Å². The molecule has 2 atom stereocenters. The number of carbonyl (C=O) groups is 3. The third-order valence-corrected chi connectivity index (χ3v) is 4.33. The number of benzene rings is 2. The standard InChI is InChI=1S/C24H28O5/c1-5-28-22(26)21(23(27)29-24(2,3)4)19(17-12-8-6-9-13-17)16-20(25)18-14-10-7-11-15-18/h6-15,19,21H,5,16H2,1-4H3. The van der Waals surface area contributed by atoms with Gasteiger partial charge in [0.25, 0.3) is 0 Å². The summed E-state index contributed by atoms with van der Waals surface area (Å²) in [4.78, 5) is 38.7. The number of hydrogen-bond donors (Lipinski definition) is 0. The van der Waals surface area contributed by atoms with Crippen LogP contribution in [0.25, 0.3) is 0 Å². The van der Waals surface area contributed by atoms with Crippen molar-refractivity contribution < 1.29 is 23.9 Å². The van der Waals surface area contributed by atoms with Crippen LogP contribution in [0.5, 0.6) is 0 Å². The van der Waals surface area contributed by atoms with Gasteiger partial charge < -0.3 is 9.47 Å². The van der Waals surface area contributed by atoms with E-state index in [4.69, 9.17) is 9.47 Å². The molecule has 2 aromatic carbocycles. The molecule has 0 aliphatic rings. The average molecular weight is 396 g/mol. The van der Waals surface area contributed by atoms with Crippen molar-refractivity contribution in [3.8, 4) is 0 Å². The van der Waals surface area contributed by atoms with Crippen molar-refractivity contribution in [3.05, 3.63) is 71.8 Å². The first-order valence-electron chi connectivity index (χ1n) is 9.75. The van der Waals surface area contributed by atoms with Crippen LogP contribution in [-0.2, 0) is 19.1 Å². The van der Waals surface area contributed by atoms with E-state index in [1.807, 2.05) is 24.3 Å². The minimum Gasteiger partial charge on any atom is -0.465 e. The number of Topliss-reactive ketones (excluding diaryl/α,β-unsaturated/α-hetero) is 1. The summed E-state index contributed by atoms with van der Waals surface area (Å²) in [5.74, 6) is -3.46. The Morgan fingerprint density at radius 2 is 1.41 bits per heavy atom. The lowest BCUT2D eigenvalue weighted by atomic mass is 9.81. The molecule has 0 aromatic heterocycles. The van der Waals surface area contributed by atoms with E-state index in [0.29, 0.717) is 11.1 Å². The summed E-state index contributed by atoms with van der Waals surface area (Å²) in [7, 11) is 0. The first kappa shape index (κ1) is 22.3. The van der Waals surface area contributed by atoms with E-state index in [0.717, 1.165) is 0 Å². The van der Waals surface area contributed by atoms with E-state index in [1.54, 1.807) is 64.1 Å². The maximum absolute atomic E-state index is 13.0. The van der Waals surface area contributed by atoms with Gasteiger partial charge in [-0.05, 0) is 33.3 Å². The minimum atomic E-state index is -1.23. The highest BCUT2D eigenvalue weighted by atomic mass is 16.6. The summed E-state index contributed by atoms with van der Waals surface area (Å²) in [6, 6.07) is 17.9. The Morgan fingerprint density at radius 1 is 0.862 bits per heavy atom. The van der Waals surface area contributed by atoms with E-state index < -0.39 is 29.4 Å². The largest absolute Gasteiger partial charge is 0.465 e. The Balaban J connectivity index is 2.44. The lowest BCUT2D eigenvalue weighted by molar-refractivity contribution is -0.170. The maximum Gasteiger partial charge on any atom is 0.321 e. The molecule has 5 nitrogen and oxygen atoms in total. The summed E-state index contributed by atoms with van der Waals surface area (Å²) < 4.78 is 10.7. The molecule has 0 heterocycles. The molecule has 0 radical (unpaired) electrons. The lowest BCUT2D eigenvalue weighted by Crippen LogP contribution is -2.38. The molecule has 0 N–H and O–H groups in total. The van der Waals surface area contributed by atoms with Crippen molar-refractivity contribution >= 4 is 17.7 Å². The number of esters is 2. The SMILES string of the molecule is CCOC(=O)C(C(=O)OC(C)(C)C)C(CC(=O)c1ccccc1)c1ccccc1. The van der Waals surface area contributed by atoms with Crippen LogP contribution in [0.1, 0.15) is 56.0 Å². The van der Waals surface area contributed by atoms with Crippen LogP contribution < -0.4 is 0 Å². The maximum atomic E-state index is 13.0. The first-order valence-corrected chi connectivity index (χ1v) is 9.75. The van der Waals surface area contributed by atoms with Crippen molar-refractivity contribution in [1.82, 2.24) is 0 Å². The molecule has 2 aromatic rings. The Hall–Kier alpha value is -2.95. The number of ether oxygens (including phenoxy) is 2. The predicted molar refractivity (Wildman–Crippen MR) is 111 cm³/mol. The number of hydrogen-bond acceptors (Lipinski definition) is 5. The van der Waals surface area contributed by atoms with Crippen LogP contribution in [0.4, 0.5) is 0 Å². The van der Waals surface area contributed by atoms with Gasteiger partial charge in [-0.1, -0.05) is 60.7 Å². The zero-order valence-corrected chi connectivity index (χ0v) is 17.4. The highest BCUT2D eigenvalue weighted by Gasteiger charge is 2.41. The number of rotatable bonds is 8. The van der Waals surface area contributed by atoms with Crippen LogP contribution in [0.2, 0.25) is 0 Å². The van der Waals surface area contributed by atoms with Gasteiger partial charge in [-0.2, -0.15) is 0 Å². The average Bonchev–Trinajstić information content (AvgIpc) is 2.67. The van der Waals surface area contributed by atoms with Gasteiger partial charge in [0, 0.05) is 17.9 Å². The van der Waals surface area contributed by atoms with Gasteiger partial charge in [0.15, 0.2) is 11.7 Å². The molecule has 0 aliphatic heterocycles. The number of ketones is 1. The molecule has 0 saturated carbocycles. The van der Waals surface area contributed by atoms with E-state index in [1.165, 1.54) is 0 Å². The Labute approximate surface area is 172 Å². The fourth-order valence-corrected chi connectivity index (χ4v) is 3.09. The molecule has 0 amide bonds. The smallest absolute Gasteiger partial charge is 0.321 e. The molecule has 0 spiro atoms. The second kappa shape index (κ2) is 10.0. The molecule has 0 fully saturated rings. The van der Waals surface area contributed by atoms with Gasteiger partial charge in [-0.25, -0.2) is 0 Å². The van der Waals surface area contributed by atoms with Gasteiger partial charge in [0.2, 0.25) is 0 Å². The molecule has 2 unspecified atom stereocenters.